The Morgan fingerprint density at radius 3 is 2.17 bits per heavy atom. The first-order valence-electron chi connectivity index (χ1n) is 8.91. The molecule has 0 aliphatic heterocycles. The van der Waals surface area contributed by atoms with Gasteiger partial charge in [-0.1, -0.05) is 28.1 Å². The van der Waals surface area contributed by atoms with Gasteiger partial charge in [0.2, 0.25) is 10.9 Å². The smallest absolute Gasteiger partial charge is 0.212 e. The number of benzene rings is 2. The number of halogens is 1. The van der Waals surface area contributed by atoms with Gasteiger partial charge in [-0.15, -0.1) is 11.3 Å². The second-order valence-corrected chi connectivity index (χ2v) is 8.05. The third-order valence-corrected chi connectivity index (χ3v) is 5.86. The fourth-order valence-corrected chi connectivity index (χ4v) is 4.10. The van der Waals surface area contributed by atoms with Gasteiger partial charge in [0.1, 0.15) is 5.82 Å². The monoisotopic (exact) mass is 486 g/mol. The summed E-state index contributed by atoms with van der Waals surface area (Å²) in [7, 11) is 4.72. The lowest BCUT2D eigenvalue weighted by Crippen LogP contribution is -2.01. The number of nitrogen functional groups attached to an aromatic ring is 1. The molecule has 0 aliphatic rings. The molecule has 0 radical (unpaired) electrons. The highest BCUT2D eigenvalue weighted by Crippen LogP contribution is 2.41. The summed E-state index contributed by atoms with van der Waals surface area (Å²) in [5.74, 6) is 2.10. The van der Waals surface area contributed by atoms with Crippen LogP contribution in [0.1, 0.15) is 0 Å². The van der Waals surface area contributed by atoms with E-state index in [9.17, 15) is 0 Å². The number of methoxy groups -OCH3 is 3. The van der Waals surface area contributed by atoms with Gasteiger partial charge in [0.05, 0.1) is 32.7 Å². The van der Waals surface area contributed by atoms with Crippen molar-refractivity contribution in [1.82, 2.24) is 14.8 Å². The number of thiazole rings is 1. The highest BCUT2D eigenvalue weighted by molar-refractivity contribution is 9.10. The van der Waals surface area contributed by atoms with E-state index in [0.29, 0.717) is 33.9 Å². The van der Waals surface area contributed by atoms with Crippen molar-refractivity contribution in [2.75, 3.05) is 27.1 Å². The standard InChI is InChI=1S/C21H19BrN4O3S/c1-27-17-8-13(9-18(28-2)20(17)29-3)15-10-19(23)26(25-15)21-24-16(11-30-21)12-4-6-14(22)7-5-12/h4-11H,23H2,1-3H3. The predicted molar refractivity (Wildman–Crippen MR) is 122 cm³/mol. The van der Waals surface area contributed by atoms with Gasteiger partial charge in [-0.2, -0.15) is 9.78 Å². The Bertz CT molecular complexity index is 1160. The van der Waals surface area contributed by atoms with Crippen molar-refractivity contribution in [3.05, 3.63) is 52.3 Å². The van der Waals surface area contributed by atoms with E-state index in [-0.39, 0.29) is 0 Å². The van der Waals surface area contributed by atoms with Gasteiger partial charge in [0, 0.05) is 27.0 Å². The zero-order valence-corrected chi connectivity index (χ0v) is 19.0. The molecular formula is C21H19BrN4O3S. The molecule has 154 valence electrons. The van der Waals surface area contributed by atoms with E-state index < -0.39 is 0 Å². The predicted octanol–water partition coefficient (Wildman–Crippen LogP) is 5.03. The molecule has 2 aromatic carbocycles. The van der Waals surface area contributed by atoms with Crippen molar-refractivity contribution < 1.29 is 14.2 Å². The molecule has 7 nitrogen and oxygen atoms in total. The number of nitrogens with zero attached hydrogens (tertiary/aromatic N) is 3. The number of hydrogen-bond donors (Lipinski definition) is 1. The minimum absolute atomic E-state index is 0.482. The van der Waals surface area contributed by atoms with Gasteiger partial charge in [-0.25, -0.2) is 4.98 Å². The summed E-state index contributed by atoms with van der Waals surface area (Å²) in [4.78, 5) is 4.70. The third kappa shape index (κ3) is 3.73. The van der Waals surface area contributed by atoms with Gasteiger partial charge in [-0.3, -0.25) is 0 Å². The summed E-state index contributed by atoms with van der Waals surface area (Å²) in [6.07, 6.45) is 0. The summed E-state index contributed by atoms with van der Waals surface area (Å²) in [6, 6.07) is 13.5. The number of rotatable bonds is 6. The average molecular weight is 487 g/mol. The molecule has 0 bridgehead atoms. The Labute approximate surface area is 186 Å². The van der Waals surface area contributed by atoms with Crippen molar-refractivity contribution in [2.45, 2.75) is 0 Å². The molecule has 2 heterocycles. The van der Waals surface area contributed by atoms with E-state index in [0.717, 1.165) is 21.3 Å². The van der Waals surface area contributed by atoms with Gasteiger partial charge in [-0.05, 0) is 24.3 Å². The Kier molecular flexibility index (Phi) is 5.65. The Hall–Kier alpha value is -3.04. The van der Waals surface area contributed by atoms with Crippen molar-refractivity contribution in [3.63, 3.8) is 0 Å². The molecule has 0 saturated heterocycles. The molecule has 0 spiro atoms. The molecule has 0 atom stereocenters. The van der Waals surface area contributed by atoms with Crippen LogP contribution in [0.3, 0.4) is 0 Å². The van der Waals surface area contributed by atoms with Crippen LogP contribution in [-0.2, 0) is 0 Å². The maximum absolute atomic E-state index is 6.25. The molecule has 2 N–H and O–H groups in total. The molecule has 4 aromatic rings. The molecule has 0 amide bonds. The van der Waals surface area contributed by atoms with Gasteiger partial charge in [0.15, 0.2) is 11.5 Å². The lowest BCUT2D eigenvalue weighted by molar-refractivity contribution is 0.324. The maximum atomic E-state index is 6.25. The summed E-state index contributed by atoms with van der Waals surface area (Å²) >= 11 is 4.92. The Balaban J connectivity index is 1.72. The Morgan fingerprint density at radius 1 is 0.900 bits per heavy atom. The molecule has 0 unspecified atom stereocenters. The van der Waals surface area contributed by atoms with Crippen molar-refractivity contribution in [3.8, 4) is 44.9 Å². The van der Waals surface area contributed by atoms with E-state index in [1.165, 1.54) is 11.3 Å². The average Bonchev–Trinajstić information content (AvgIpc) is 3.40. The summed E-state index contributed by atoms with van der Waals surface area (Å²) in [5, 5.41) is 7.33. The van der Waals surface area contributed by atoms with Crippen LogP contribution in [-0.4, -0.2) is 36.1 Å². The molecular weight excluding hydrogens is 468 g/mol. The van der Waals surface area contributed by atoms with Crippen LogP contribution in [0.2, 0.25) is 0 Å². The van der Waals surface area contributed by atoms with Crippen LogP contribution in [0.15, 0.2) is 52.3 Å². The molecule has 4 rings (SSSR count). The van der Waals surface area contributed by atoms with E-state index in [4.69, 9.17) is 24.9 Å². The highest BCUT2D eigenvalue weighted by atomic mass is 79.9. The van der Waals surface area contributed by atoms with Gasteiger partial charge >= 0.3 is 0 Å². The number of ether oxygens (including phenoxy) is 3. The van der Waals surface area contributed by atoms with Crippen molar-refractivity contribution >= 4 is 33.1 Å². The topological polar surface area (TPSA) is 84.4 Å². The first-order chi connectivity index (χ1) is 14.5. The number of nitrogens with two attached hydrogens (primary N) is 1. The number of hydrogen-bond acceptors (Lipinski definition) is 7. The fourth-order valence-electron chi connectivity index (χ4n) is 3.03. The molecule has 0 saturated carbocycles. The quantitative estimate of drug-likeness (QED) is 0.411. The zero-order chi connectivity index (χ0) is 21.3. The minimum atomic E-state index is 0.482. The maximum Gasteiger partial charge on any atom is 0.212 e. The number of anilines is 1. The summed E-state index contributed by atoms with van der Waals surface area (Å²) in [6.45, 7) is 0. The zero-order valence-electron chi connectivity index (χ0n) is 16.5. The van der Waals surface area contributed by atoms with E-state index in [2.05, 4.69) is 21.0 Å². The fraction of sp³-hybridized carbons (Fsp3) is 0.143. The largest absolute Gasteiger partial charge is 0.493 e. The summed E-state index contributed by atoms with van der Waals surface area (Å²) in [5.41, 5.74) is 9.61. The van der Waals surface area contributed by atoms with Gasteiger partial charge in [0.25, 0.3) is 0 Å². The second-order valence-electron chi connectivity index (χ2n) is 6.30. The van der Waals surface area contributed by atoms with E-state index in [1.807, 2.05) is 41.8 Å². The van der Waals surface area contributed by atoms with Crippen LogP contribution in [0.25, 0.3) is 27.6 Å². The molecule has 0 fully saturated rings. The SMILES string of the molecule is COc1cc(-c2cc(N)n(-c3nc(-c4ccc(Br)cc4)cs3)n2)cc(OC)c1OC. The van der Waals surface area contributed by atoms with Crippen LogP contribution in [0.5, 0.6) is 17.2 Å². The van der Waals surface area contributed by atoms with Gasteiger partial charge < -0.3 is 19.9 Å². The second kappa shape index (κ2) is 8.37. The number of aromatic nitrogens is 3. The normalized spacial score (nSPS) is 10.8. The molecule has 30 heavy (non-hydrogen) atoms. The molecule has 9 heteroatoms. The van der Waals surface area contributed by atoms with Crippen molar-refractivity contribution in [1.29, 1.82) is 0 Å². The Morgan fingerprint density at radius 2 is 1.57 bits per heavy atom. The lowest BCUT2D eigenvalue weighted by atomic mass is 10.1. The highest BCUT2D eigenvalue weighted by Gasteiger charge is 2.18. The van der Waals surface area contributed by atoms with Crippen molar-refractivity contribution in [2.24, 2.45) is 0 Å². The third-order valence-electron chi connectivity index (χ3n) is 4.51. The molecule has 0 aliphatic carbocycles. The first kappa shape index (κ1) is 20.2. The van der Waals surface area contributed by atoms with Crippen LogP contribution < -0.4 is 19.9 Å². The van der Waals surface area contributed by atoms with E-state index >= 15 is 0 Å². The lowest BCUT2D eigenvalue weighted by Gasteiger charge is -2.13. The van der Waals surface area contributed by atoms with Crippen LogP contribution in [0, 0.1) is 0 Å². The minimum Gasteiger partial charge on any atom is -0.493 e. The van der Waals surface area contributed by atoms with Crippen LogP contribution in [0.4, 0.5) is 5.82 Å². The van der Waals surface area contributed by atoms with E-state index in [1.54, 1.807) is 32.1 Å². The summed E-state index contributed by atoms with van der Waals surface area (Å²) < 4.78 is 18.9. The molecule has 2 aromatic heterocycles. The first-order valence-corrected chi connectivity index (χ1v) is 10.6. The van der Waals surface area contributed by atoms with Crippen LogP contribution >= 0.6 is 27.3 Å².